The van der Waals surface area contributed by atoms with E-state index in [-0.39, 0.29) is 17.1 Å². The topological polar surface area (TPSA) is 78.0 Å². The van der Waals surface area contributed by atoms with Crippen LogP contribution in [0.3, 0.4) is 0 Å². The predicted octanol–water partition coefficient (Wildman–Crippen LogP) is 4.87. The number of nitrogens with one attached hydrogen (secondary N) is 1. The second-order valence-electron chi connectivity index (χ2n) is 10.6. The van der Waals surface area contributed by atoms with Crippen LogP contribution in [-0.2, 0) is 16.6 Å². The number of aromatic amines is 1. The number of fused-ring (bicyclic) bond motifs is 3. The average molecular weight is 497 g/mol. The summed E-state index contributed by atoms with van der Waals surface area (Å²) in [6, 6.07) is 13.4. The second-order valence-corrected chi connectivity index (χ2v) is 10.6. The van der Waals surface area contributed by atoms with Gasteiger partial charge in [-0.25, -0.2) is 14.4 Å². The standard InChI is InChI=1S/C29H29FN6O/c1-3-29(21-6-4-5-7-23(21)30)20-11-12-35(16-22(20)29)25-15-31-27-26(33-34-28(27)32-25)19-8-9-24-18(14-19)10-13-36(24)17(2)37/h4-9,14-15,20,22H,3,10-13,16H2,1-2H3,(H,32,33,34)/t20-,22+,29-/m1/s1. The van der Waals surface area contributed by atoms with Crippen molar-refractivity contribution in [3.8, 4) is 11.3 Å². The van der Waals surface area contributed by atoms with Crippen LogP contribution in [0.15, 0.2) is 48.7 Å². The summed E-state index contributed by atoms with van der Waals surface area (Å²) >= 11 is 0. The lowest BCUT2D eigenvalue weighted by molar-refractivity contribution is -0.116. The van der Waals surface area contributed by atoms with Crippen molar-refractivity contribution in [2.45, 2.75) is 38.5 Å². The fraction of sp³-hybridized carbons (Fsp3) is 0.379. The van der Waals surface area contributed by atoms with Gasteiger partial charge < -0.3 is 9.80 Å². The number of halogens is 1. The third-order valence-corrected chi connectivity index (χ3v) is 9.01. The third kappa shape index (κ3) is 3.24. The molecule has 0 radical (unpaired) electrons. The summed E-state index contributed by atoms with van der Waals surface area (Å²) in [5.41, 5.74) is 6.08. The Labute approximate surface area is 214 Å². The maximum atomic E-state index is 14.8. The van der Waals surface area contributed by atoms with Gasteiger partial charge in [-0.15, -0.1) is 0 Å². The minimum atomic E-state index is -0.0869. The third-order valence-electron chi connectivity index (χ3n) is 9.01. The van der Waals surface area contributed by atoms with Crippen molar-refractivity contribution in [1.82, 2.24) is 20.2 Å². The molecule has 2 fully saturated rings. The van der Waals surface area contributed by atoms with Crippen molar-refractivity contribution in [2.75, 3.05) is 29.4 Å². The van der Waals surface area contributed by atoms with Gasteiger partial charge in [-0.3, -0.25) is 9.89 Å². The van der Waals surface area contributed by atoms with Crippen LogP contribution in [0.25, 0.3) is 22.4 Å². The minimum absolute atomic E-state index is 0.0669. The van der Waals surface area contributed by atoms with E-state index >= 15 is 0 Å². The van der Waals surface area contributed by atoms with Crippen LogP contribution in [0, 0.1) is 17.7 Å². The first-order chi connectivity index (χ1) is 18.0. The molecule has 0 unspecified atom stereocenters. The molecule has 0 bridgehead atoms. The van der Waals surface area contributed by atoms with Gasteiger partial charge >= 0.3 is 0 Å². The van der Waals surface area contributed by atoms with E-state index in [1.807, 2.05) is 35.4 Å². The van der Waals surface area contributed by atoms with Crippen LogP contribution in [0.4, 0.5) is 15.9 Å². The Morgan fingerprint density at radius 3 is 2.86 bits per heavy atom. The molecule has 1 saturated carbocycles. The zero-order chi connectivity index (χ0) is 25.3. The lowest BCUT2D eigenvalue weighted by atomic mass is 9.88. The van der Waals surface area contributed by atoms with Gasteiger partial charge in [0.25, 0.3) is 0 Å². The molecule has 3 aliphatic rings. The van der Waals surface area contributed by atoms with Crippen LogP contribution in [-0.4, -0.2) is 45.7 Å². The maximum Gasteiger partial charge on any atom is 0.223 e. The molecule has 1 amide bonds. The number of carbonyl (C=O) groups is 1. The molecule has 1 aliphatic carbocycles. The predicted molar refractivity (Wildman–Crippen MR) is 141 cm³/mol. The molecule has 188 valence electrons. The number of hydrogen-bond donors (Lipinski definition) is 1. The number of carbonyl (C=O) groups excluding carboxylic acids is 1. The van der Waals surface area contributed by atoms with E-state index in [9.17, 15) is 9.18 Å². The fourth-order valence-corrected chi connectivity index (χ4v) is 7.16. The van der Waals surface area contributed by atoms with Gasteiger partial charge in [-0.1, -0.05) is 31.2 Å². The Morgan fingerprint density at radius 1 is 1.19 bits per heavy atom. The summed E-state index contributed by atoms with van der Waals surface area (Å²) in [5.74, 6) is 1.73. The first kappa shape index (κ1) is 22.4. The molecule has 8 heteroatoms. The Balaban J connectivity index is 1.15. The highest BCUT2D eigenvalue weighted by atomic mass is 19.1. The first-order valence-corrected chi connectivity index (χ1v) is 13.1. The molecule has 4 aromatic rings. The van der Waals surface area contributed by atoms with Crippen molar-refractivity contribution in [1.29, 1.82) is 0 Å². The number of anilines is 2. The van der Waals surface area contributed by atoms with Crippen molar-refractivity contribution < 1.29 is 9.18 Å². The van der Waals surface area contributed by atoms with E-state index < -0.39 is 0 Å². The van der Waals surface area contributed by atoms with E-state index in [1.165, 1.54) is 0 Å². The molecule has 0 spiro atoms. The number of piperidine rings is 1. The van der Waals surface area contributed by atoms with Crippen molar-refractivity contribution >= 4 is 28.6 Å². The highest BCUT2D eigenvalue weighted by Gasteiger charge is 2.65. The number of rotatable bonds is 4. The Bertz CT molecular complexity index is 1550. The van der Waals surface area contributed by atoms with Crippen LogP contribution >= 0.6 is 0 Å². The van der Waals surface area contributed by atoms with Crippen LogP contribution in [0.1, 0.15) is 37.8 Å². The molecule has 37 heavy (non-hydrogen) atoms. The second kappa shape index (κ2) is 8.10. The molecular formula is C29H29FN6O. The van der Waals surface area contributed by atoms with Gasteiger partial charge in [0.1, 0.15) is 17.2 Å². The van der Waals surface area contributed by atoms with Crippen LogP contribution < -0.4 is 9.80 Å². The van der Waals surface area contributed by atoms with Gasteiger partial charge in [-0.05, 0) is 60.4 Å². The lowest BCUT2D eigenvalue weighted by Crippen LogP contribution is -2.32. The molecule has 2 aromatic carbocycles. The molecule has 4 heterocycles. The summed E-state index contributed by atoms with van der Waals surface area (Å²) in [6.07, 6.45) is 4.64. The van der Waals surface area contributed by atoms with Gasteiger partial charge in [0.15, 0.2) is 0 Å². The minimum Gasteiger partial charge on any atom is -0.355 e. The van der Waals surface area contributed by atoms with Crippen LogP contribution in [0.5, 0.6) is 0 Å². The summed E-state index contributed by atoms with van der Waals surface area (Å²) in [4.78, 5) is 25.6. The summed E-state index contributed by atoms with van der Waals surface area (Å²) in [7, 11) is 0. The Kier molecular flexibility index (Phi) is 4.90. The van der Waals surface area contributed by atoms with Gasteiger partial charge in [-0.2, -0.15) is 5.10 Å². The monoisotopic (exact) mass is 496 g/mol. The van der Waals surface area contributed by atoms with Crippen molar-refractivity contribution in [3.63, 3.8) is 0 Å². The van der Waals surface area contributed by atoms with E-state index in [4.69, 9.17) is 9.97 Å². The number of amides is 1. The van der Waals surface area contributed by atoms with E-state index in [0.717, 1.165) is 78.3 Å². The molecule has 1 N–H and O–H groups in total. The van der Waals surface area contributed by atoms with Gasteiger partial charge in [0.2, 0.25) is 11.6 Å². The van der Waals surface area contributed by atoms with E-state index in [0.29, 0.717) is 17.5 Å². The highest BCUT2D eigenvalue weighted by Crippen LogP contribution is 2.65. The van der Waals surface area contributed by atoms with Gasteiger partial charge in [0.05, 0.1) is 11.9 Å². The zero-order valence-corrected chi connectivity index (χ0v) is 21.0. The molecular weight excluding hydrogens is 467 g/mol. The Morgan fingerprint density at radius 2 is 2.05 bits per heavy atom. The van der Waals surface area contributed by atoms with Crippen molar-refractivity contribution in [2.24, 2.45) is 11.8 Å². The molecule has 2 aromatic heterocycles. The molecule has 1 saturated heterocycles. The summed E-state index contributed by atoms with van der Waals surface area (Å²) in [6.45, 7) is 6.23. The number of hydrogen-bond acceptors (Lipinski definition) is 5. The largest absolute Gasteiger partial charge is 0.355 e. The van der Waals surface area contributed by atoms with E-state index in [1.54, 1.807) is 19.1 Å². The van der Waals surface area contributed by atoms with Crippen LogP contribution in [0.2, 0.25) is 0 Å². The van der Waals surface area contributed by atoms with Crippen molar-refractivity contribution in [3.05, 3.63) is 65.6 Å². The normalized spacial score (nSPS) is 24.3. The Hall–Kier alpha value is -3.81. The molecule has 7 nitrogen and oxygen atoms in total. The average Bonchev–Trinajstić information content (AvgIpc) is 3.19. The fourth-order valence-electron chi connectivity index (χ4n) is 7.16. The lowest BCUT2D eigenvalue weighted by Gasteiger charge is -2.26. The smallest absolute Gasteiger partial charge is 0.223 e. The SMILES string of the molecule is CC[C@]1(c2ccccc2F)[C@@H]2CCN(c3cnc4c(-c5ccc6c(c5)CCN6C(C)=O)[nH]nc4n3)C[C@@H]21. The summed E-state index contributed by atoms with van der Waals surface area (Å²) in [5, 5.41) is 7.62. The molecule has 3 atom stereocenters. The quantitative estimate of drug-likeness (QED) is 0.436. The number of benzene rings is 2. The van der Waals surface area contributed by atoms with Gasteiger partial charge in [0, 0.05) is 43.2 Å². The first-order valence-electron chi connectivity index (χ1n) is 13.1. The molecule has 7 rings (SSSR count). The number of aromatic nitrogens is 4. The maximum absolute atomic E-state index is 14.8. The highest BCUT2D eigenvalue weighted by molar-refractivity contribution is 5.95. The number of nitrogens with zero attached hydrogens (tertiary/aromatic N) is 5. The molecule has 2 aliphatic heterocycles. The zero-order valence-electron chi connectivity index (χ0n) is 21.0. The van der Waals surface area contributed by atoms with E-state index in [2.05, 4.69) is 28.1 Å². The number of H-pyrrole nitrogens is 1. The summed E-state index contributed by atoms with van der Waals surface area (Å²) < 4.78 is 14.8.